The summed E-state index contributed by atoms with van der Waals surface area (Å²) in [6.07, 6.45) is -11.0. The van der Waals surface area contributed by atoms with Crippen molar-refractivity contribution in [2.24, 2.45) is 0 Å². The number of halogens is 13. The molecule has 0 aliphatic rings. The second-order valence-electron chi connectivity index (χ2n) is 5.77. The fraction of sp³-hybridized carbons (Fsp3) is 0.786. The molecule has 184 valence electrons. The van der Waals surface area contributed by atoms with E-state index in [9.17, 15) is 61.9 Å². The zero-order chi connectivity index (χ0) is 25.1. The third-order valence-electron chi connectivity index (χ3n) is 3.52. The van der Waals surface area contributed by atoms with E-state index in [0.717, 1.165) is 0 Å². The fourth-order valence-corrected chi connectivity index (χ4v) is 1.71. The van der Waals surface area contributed by atoms with Crippen LogP contribution in [0.2, 0.25) is 0 Å². The van der Waals surface area contributed by atoms with Gasteiger partial charge in [-0.2, -0.15) is 57.1 Å². The van der Waals surface area contributed by atoms with E-state index >= 15 is 0 Å². The lowest BCUT2D eigenvalue weighted by atomic mass is 9.93. The van der Waals surface area contributed by atoms with Gasteiger partial charge in [-0.05, 0) is 0 Å². The van der Waals surface area contributed by atoms with Crippen molar-refractivity contribution in [2.45, 2.75) is 48.3 Å². The molecule has 0 rings (SSSR count). The Morgan fingerprint density at radius 1 is 0.839 bits per heavy atom. The topological polar surface area (TPSA) is 55.8 Å². The van der Waals surface area contributed by atoms with Crippen molar-refractivity contribution in [3.63, 3.8) is 0 Å². The largest absolute Gasteiger partial charge is 0.460 e. The van der Waals surface area contributed by atoms with E-state index in [2.05, 4.69) is 16.1 Å². The molecule has 0 amide bonds. The van der Waals surface area contributed by atoms with Gasteiger partial charge in [0.2, 0.25) is 0 Å². The minimum absolute atomic E-state index is 0.580. The van der Waals surface area contributed by atoms with Gasteiger partial charge in [-0.25, -0.2) is 4.79 Å². The number of ether oxygens (including phenoxy) is 2. The molecule has 17 heteroatoms. The molecule has 0 aliphatic carbocycles. The number of rotatable bonds is 12. The summed E-state index contributed by atoms with van der Waals surface area (Å²) in [6.45, 7) is -0.750. The Labute approximate surface area is 164 Å². The Bertz CT molecular complexity index is 630. The number of aliphatic hydroxyl groups is 1. The maximum absolute atomic E-state index is 13.5. The minimum Gasteiger partial charge on any atom is -0.454 e. The number of alkyl halides is 13. The number of esters is 1. The van der Waals surface area contributed by atoms with Gasteiger partial charge in [-0.1, -0.05) is 6.58 Å². The van der Waals surface area contributed by atoms with Crippen LogP contribution in [0.5, 0.6) is 0 Å². The van der Waals surface area contributed by atoms with Gasteiger partial charge in [0, 0.05) is 12.5 Å². The highest BCUT2D eigenvalue weighted by molar-refractivity contribution is 5.81. The lowest BCUT2D eigenvalue weighted by molar-refractivity contribution is -0.440. The van der Waals surface area contributed by atoms with Gasteiger partial charge < -0.3 is 14.6 Å². The van der Waals surface area contributed by atoms with E-state index in [1.807, 2.05) is 0 Å². The number of hydrogen-bond donors (Lipinski definition) is 1. The van der Waals surface area contributed by atoms with Crippen LogP contribution in [-0.2, 0) is 14.3 Å². The van der Waals surface area contributed by atoms with Crippen LogP contribution in [0, 0.1) is 0 Å². The molecule has 0 saturated carbocycles. The summed E-state index contributed by atoms with van der Waals surface area (Å²) in [5.41, 5.74) is 0. The first kappa shape index (κ1) is 29.2. The molecular weight excluding hydrogens is 479 g/mol. The molecule has 0 bridgehead atoms. The maximum Gasteiger partial charge on any atom is 0.460 e. The van der Waals surface area contributed by atoms with Crippen LogP contribution in [0.1, 0.15) is 6.42 Å². The average molecular weight is 492 g/mol. The molecule has 1 unspecified atom stereocenters. The van der Waals surface area contributed by atoms with Gasteiger partial charge in [0.25, 0.3) is 0 Å². The predicted octanol–water partition coefficient (Wildman–Crippen LogP) is 4.22. The van der Waals surface area contributed by atoms with E-state index < -0.39 is 74.1 Å². The number of carbonyl (C=O) groups is 1. The first-order valence-corrected chi connectivity index (χ1v) is 7.61. The van der Waals surface area contributed by atoms with Gasteiger partial charge in [-0.15, -0.1) is 0 Å². The zero-order valence-electron chi connectivity index (χ0n) is 14.8. The first-order valence-electron chi connectivity index (χ1n) is 7.61. The van der Waals surface area contributed by atoms with Crippen LogP contribution in [0.25, 0.3) is 0 Å². The quantitative estimate of drug-likeness (QED) is 0.192. The minimum atomic E-state index is -7.97. The predicted molar refractivity (Wildman–Crippen MR) is 73.4 cm³/mol. The average Bonchev–Trinajstić information content (AvgIpc) is 2.62. The molecule has 0 fully saturated rings. The van der Waals surface area contributed by atoms with Crippen molar-refractivity contribution in [1.82, 2.24) is 0 Å². The van der Waals surface area contributed by atoms with Crippen molar-refractivity contribution in [1.29, 1.82) is 0 Å². The highest BCUT2D eigenvalue weighted by Crippen LogP contribution is 2.60. The van der Waals surface area contributed by atoms with Crippen molar-refractivity contribution in [2.75, 3.05) is 19.8 Å². The first-order chi connectivity index (χ1) is 13.6. The molecule has 1 atom stereocenters. The van der Waals surface area contributed by atoms with E-state index in [1.54, 1.807) is 0 Å². The Morgan fingerprint density at radius 3 is 1.68 bits per heavy atom. The van der Waals surface area contributed by atoms with Gasteiger partial charge in [0.05, 0.1) is 19.8 Å². The number of carbonyl (C=O) groups excluding carboxylic acids is 1. The molecule has 1 N–H and O–H groups in total. The SMILES string of the molecule is C=CC(=O)OC(CO)COCCC(F)(F)C(F)(F)C(F)(F)C(F)(F)C(F)(F)C(F)(F)F. The van der Waals surface area contributed by atoms with E-state index in [-0.39, 0.29) is 0 Å². The van der Waals surface area contributed by atoms with E-state index in [1.165, 1.54) is 0 Å². The summed E-state index contributed by atoms with van der Waals surface area (Å²) in [5, 5.41) is 8.79. The molecule has 0 aliphatic heterocycles. The van der Waals surface area contributed by atoms with Crippen molar-refractivity contribution in [3.8, 4) is 0 Å². The maximum atomic E-state index is 13.5. The summed E-state index contributed by atoms with van der Waals surface area (Å²) in [6, 6.07) is 0. The van der Waals surface area contributed by atoms with Crippen LogP contribution >= 0.6 is 0 Å². The molecule has 31 heavy (non-hydrogen) atoms. The van der Waals surface area contributed by atoms with Crippen molar-refractivity contribution in [3.05, 3.63) is 12.7 Å². The lowest BCUT2D eigenvalue weighted by Crippen LogP contribution is -2.70. The molecule has 4 nitrogen and oxygen atoms in total. The van der Waals surface area contributed by atoms with Crippen molar-refractivity contribution < 1.29 is 76.5 Å². The van der Waals surface area contributed by atoms with Crippen LogP contribution in [0.15, 0.2) is 12.7 Å². The fourth-order valence-electron chi connectivity index (χ4n) is 1.71. The Kier molecular flexibility index (Phi) is 8.84. The van der Waals surface area contributed by atoms with Crippen molar-refractivity contribution >= 4 is 5.97 Å². The molecule has 0 radical (unpaired) electrons. The standard InChI is InChI=1S/C14H13F13O4/c1-2-8(29)31-7(5-28)6-30-4-3-9(15,16)10(17,18)11(19,20)12(21,22)13(23,24)14(25,26)27/h2,7,28H,1,3-6H2. The summed E-state index contributed by atoms with van der Waals surface area (Å²) >= 11 is 0. The molecule has 0 heterocycles. The monoisotopic (exact) mass is 492 g/mol. The number of hydrogen-bond acceptors (Lipinski definition) is 4. The lowest BCUT2D eigenvalue weighted by Gasteiger charge is -2.39. The molecule has 0 aromatic heterocycles. The molecule has 0 aromatic rings. The highest BCUT2D eigenvalue weighted by Gasteiger charge is 2.90. The highest BCUT2D eigenvalue weighted by atomic mass is 19.4. The second-order valence-corrected chi connectivity index (χ2v) is 5.77. The Balaban J connectivity index is 5.46. The third-order valence-corrected chi connectivity index (χ3v) is 3.52. The van der Waals surface area contributed by atoms with E-state index in [0.29, 0.717) is 6.08 Å². The van der Waals surface area contributed by atoms with Gasteiger partial charge in [-0.3, -0.25) is 0 Å². The smallest absolute Gasteiger partial charge is 0.454 e. The van der Waals surface area contributed by atoms with Crippen LogP contribution < -0.4 is 0 Å². The zero-order valence-corrected chi connectivity index (χ0v) is 14.8. The number of aliphatic hydroxyl groups excluding tert-OH is 1. The normalized spacial score (nSPS) is 15.5. The molecular formula is C14H13F13O4. The van der Waals surface area contributed by atoms with E-state index in [4.69, 9.17) is 5.11 Å². The summed E-state index contributed by atoms with van der Waals surface area (Å²) in [5.74, 6) is -38.4. The van der Waals surface area contributed by atoms with Gasteiger partial charge >= 0.3 is 41.8 Å². The van der Waals surface area contributed by atoms with Crippen LogP contribution in [0.4, 0.5) is 57.1 Å². The molecule has 0 spiro atoms. The Morgan fingerprint density at radius 2 is 1.29 bits per heavy atom. The summed E-state index contributed by atoms with van der Waals surface area (Å²) in [7, 11) is 0. The molecule has 0 aromatic carbocycles. The van der Waals surface area contributed by atoms with Crippen LogP contribution in [0.3, 0.4) is 0 Å². The summed E-state index contributed by atoms with van der Waals surface area (Å²) in [4.78, 5) is 10.8. The van der Waals surface area contributed by atoms with Gasteiger partial charge in [0.15, 0.2) is 0 Å². The van der Waals surface area contributed by atoms with Gasteiger partial charge in [0.1, 0.15) is 6.10 Å². The summed E-state index contributed by atoms with van der Waals surface area (Å²) < 4.78 is 176. The Hall–Kier alpha value is -1.78. The third kappa shape index (κ3) is 5.53. The molecule has 0 saturated heterocycles. The second kappa shape index (κ2) is 9.38. The van der Waals surface area contributed by atoms with Crippen LogP contribution in [-0.4, -0.2) is 72.8 Å².